The van der Waals surface area contributed by atoms with E-state index in [0.717, 1.165) is 18.9 Å². The molecule has 1 aliphatic rings. The number of carbonyl (C=O) groups is 1. The van der Waals surface area contributed by atoms with E-state index in [1.54, 1.807) is 30.3 Å². The van der Waals surface area contributed by atoms with E-state index in [-0.39, 0.29) is 35.8 Å². The summed E-state index contributed by atoms with van der Waals surface area (Å²) in [5.41, 5.74) is -0.529. The first-order valence-electron chi connectivity index (χ1n) is 10.4. The minimum atomic E-state index is -3.29. The topological polar surface area (TPSA) is 100 Å². The number of halogens is 1. The molecular weight excluding hydrogens is 531 g/mol. The number of hydrogen-bond donors (Lipinski definition) is 2. The maximum absolute atomic E-state index is 12.4. The molecule has 1 unspecified atom stereocenters. The van der Waals surface area contributed by atoms with Gasteiger partial charge in [-0.1, -0.05) is 18.2 Å². The van der Waals surface area contributed by atoms with E-state index in [2.05, 4.69) is 20.5 Å². The van der Waals surface area contributed by atoms with Crippen LogP contribution in [0.15, 0.2) is 40.2 Å². The third-order valence-corrected chi connectivity index (χ3v) is 6.30. The Labute approximate surface area is 203 Å². The normalized spacial score (nSPS) is 17.1. The molecule has 1 amide bonds. The summed E-state index contributed by atoms with van der Waals surface area (Å²) >= 11 is 0. The lowest BCUT2D eigenvalue weighted by Gasteiger charge is -2.23. The number of sulfone groups is 1. The van der Waals surface area contributed by atoms with Gasteiger partial charge in [0.25, 0.3) is 0 Å². The number of hydrogen-bond acceptors (Lipinski definition) is 5. The number of carbonyl (C=O) groups excluding carboxylic acids is 1. The van der Waals surface area contributed by atoms with Gasteiger partial charge in [0.2, 0.25) is 0 Å². The Morgan fingerprint density at radius 3 is 2.55 bits per heavy atom. The van der Waals surface area contributed by atoms with E-state index in [4.69, 9.17) is 4.74 Å². The minimum Gasteiger partial charge on any atom is -0.444 e. The summed E-state index contributed by atoms with van der Waals surface area (Å²) in [6, 6.07) is 8.47. The van der Waals surface area contributed by atoms with Gasteiger partial charge in [-0.05, 0) is 52.7 Å². The molecular formula is C21H35IN4O4S. The zero-order chi connectivity index (χ0) is 22.2. The highest BCUT2D eigenvalue weighted by Crippen LogP contribution is 2.13. The summed E-state index contributed by atoms with van der Waals surface area (Å²) in [6.45, 7) is 10.0. The Kier molecular flexibility index (Phi) is 11.1. The molecule has 0 saturated carbocycles. The minimum absolute atomic E-state index is 0. The number of alkyl carbamates (subject to hydrolysis) is 1. The Bertz CT molecular complexity index is 826. The molecule has 2 rings (SSSR count). The van der Waals surface area contributed by atoms with Gasteiger partial charge in [-0.3, -0.25) is 4.99 Å². The van der Waals surface area contributed by atoms with Crippen molar-refractivity contribution < 1.29 is 17.9 Å². The van der Waals surface area contributed by atoms with Gasteiger partial charge in [-0.15, -0.1) is 24.0 Å². The summed E-state index contributed by atoms with van der Waals surface area (Å²) in [7, 11) is -3.29. The van der Waals surface area contributed by atoms with Crippen LogP contribution in [0, 0.1) is 0 Å². The van der Waals surface area contributed by atoms with Crippen LogP contribution in [0.2, 0.25) is 0 Å². The molecule has 1 aromatic carbocycles. The van der Waals surface area contributed by atoms with Crippen LogP contribution in [-0.2, 0) is 14.6 Å². The van der Waals surface area contributed by atoms with Crippen molar-refractivity contribution in [2.24, 2.45) is 4.99 Å². The molecule has 1 aromatic rings. The van der Waals surface area contributed by atoms with Crippen molar-refractivity contribution in [3.63, 3.8) is 0 Å². The monoisotopic (exact) mass is 566 g/mol. The smallest absolute Gasteiger partial charge is 0.407 e. The van der Waals surface area contributed by atoms with Crippen LogP contribution in [0.4, 0.5) is 4.79 Å². The van der Waals surface area contributed by atoms with E-state index >= 15 is 0 Å². The molecule has 0 aromatic heterocycles. The average molecular weight is 567 g/mol. The van der Waals surface area contributed by atoms with Crippen molar-refractivity contribution >= 4 is 45.9 Å². The van der Waals surface area contributed by atoms with Crippen molar-refractivity contribution in [3.05, 3.63) is 30.3 Å². The molecule has 176 valence electrons. The van der Waals surface area contributed by atoms with Gasteiger partial charge < -0.3 is 20.3 Å². The number of aliphatic imine (C=N–C) groups is 1. The first kappa shape index (κ1) is 27.5. The average Bonchev–Trinajstić information content (AvgIpc) is 3.11. The first-order valence-corrected chi connectivity index (χ1v) is 12.1. The van der Waals surface area contributed by atoms with Crippen molar-refractivity contribution in [1.82, 2.24) is 15.5 Å². The fraction of sp³-hybridized carbons (Fsp3) is 0.619. The third-order valence-electron chi connectivity index (χ3n) is 4.48. The maximum Gasteiger partial charge on any atom is 0.407 e. The van der Waals surface area contributed by atoms with E-state index in [0.29, 0.717) is 31.0 Å². The molecule has 0 spiro atoms. The molecule has 1 atom stereocenters. The number of nitrogens with zero attached hydrogens (tertiary/aromatic N) is 2. The van der Waals surface area contributed by atoms with Crippen LogP contribution in [0.25, 0.3) is 0 Å². The highest BCUT2D eigenvalue weighted by molar-refractivity contribution is 14.0. The number of ether oxygens (including phenoxy) is 1. The molecule has 1 fully saturated rings. The fourth-order valence-corrected chi connectivity index (χ4v) is 4.47. The van der Waals surface area contributed by atoms with Gasteiger partial charge in [0, 0.05) is 26.2 Å². The van der Waals surface area contributed by atoms with E-state index in [1.807, 2.05) is 27.7 Å². The fourth-order valence-electron chi connectivity index (χ4n) is 3.16. The van der Waals surface area contributed by atoms with Crippen molar-refractivity contribution in [2.45, 2.75) is 57.1 Å². The quantitative estimate of drug-likeness (QED) is 0.228. The highest BCUT2D eigenvalue weighted by Gasteiger charge is 2.27. The van der Waals surface area contributed by atoms with Crippen LogP contribution >= 0.6 is 24.0 Å². The standard InChI is InChI=1S/C21H34N4O4S.HI/c1-5-22-19(23-13-9-15-30(27,28)18-10-7-6-8-11-18)25-14-12-17(16-25)24-20(26)29-21(2,3)4;/h6-8,10-11,17H,5,9,12-16H2,1-4H3,(H,22,23)(H,24,26);1H. The molecule has 8 nitrogen and oxygen atoms in total. The highest BCUT2D eigenvalue weighted by atomic mass is 127. The lowest BCUT2D eigenvalue weighted by Crippen LogP contribution is -2.44. The number of amides is 1. The zero-order valence-corrected chi connectivity index (χ0v) is 21.9. The number of guanidine groups is 1. The van der Waals surface area contributed by atoms with Gasteiger partial charge in [0.1, 0.15) is 5.60 Å². The number of benzene rings is 1. The Balaban J connectivity index is 0.00000480. The van der Waals surface area contributed by atoms with Crippen LogP contribution in [-0.4, -0.2) is 68.9 Å². The van der Waals surface area contributed by atoms with Gasteiger partial charge in [-0.2, -0.15) is 0 Å². The molecule has 0 bridgehead atoms. The Morgan fingerprint density at radius 1 is 1.26 bits per heavy atom. The van der Waals surface area contributed by atoms with Crippen LogP contribution in [0.1, 0.15) is 40.5 Å². The molecule has 31 heavy (non-hydrogen) atoms. The molecule has 1 heterocycles. The summed E-state index contributed by atoms with van der Waals surface area (Å²) in [6.07, 6.45) is 0.827. The van der Waals surface area contributed by atoms with Gasteiger partial charge in [0.05, 0.1) is 16.7 Å². The number of nitrogens with one attached hydrogen (secondary N) is 2. The van der Waals surface area contributed by atoms with Crippen molar-refractivity contribution in [1.29, 1.82) is 0 Å². The van der Waals surface area contributed by atoms with E-state index in [1.165, 1.54) is 0 Å². The first-order chi connectivity index (χ1) is 14.1. The van der Waals surface area contributed by atoms with Crippen molar-refractivity contribution in [2.75, 3.05) is 31.9 Å². The maximum atomic E-state index is 12.4. The second-order valence-electron chi connectivity index (χ2n) is 8.30. The van der Waals surface area contributed by atoms with Crippen LogP contribution < -0.4 is 10.6 Å². The summed E-state index contributed by atoms with van der Waals surface area (Å²) < 4.78 is 30.1. The summed E-state index contributed by atoms with van der Waals surface area (Å²) in [5, 5.41) is 6.15. The predicted molar refractivity (Wildman–Crippen MR) is 134 cm³/mol. The molecule has 0 radical (unpaired) electrons. The van der Waals surface area contributed by atoms with Gasteiger partial charge in [0.15, 0.2) is 15.8 Å². The Hall–Kier alpha value is -1.56. The number of likely N-dealkylation sites (tertiary alicyclic amines) is 1. The van der Waals surface area contributed by atoms with Crippen LogP contribution in [0.3, 0.4) is 0 Å². The predicted octanol–water partition coefficient (Wildman–Crippen LogP) is 3.03. The lowest BCUT2D eigenvalue weighted by atomic mass is 10.2. The summed E-state index contributed by atoms with van der Waals surface area (Å²) in [4.78, 5) is 19.0. The molecule has 2 N–H and O–H groups in total. The summed E-state index contributed by atoms with van der Waals surface area (Å²) in [5.74, 6) is 0.797. The second-order valence-corrected chi connectivity index (χ2v) is 10.4. The van der Waals surface area contributed by atoms with Crippen molar-refractivity contribution in [3.8, 4) is 0 Å². The largest absolute Gasteiger partial charge is 0.444 e. The second kappa shape index (κ2) is 12.5. The third kappa shape index (κ3) is 9.63. The zero-order valence-electron chi connectivity index (χ0n) is 18.8. The lowest BCUT2D eigenvalue weighted by molar-refractivity contribution is 0.0507. The van der Waals surface area contributed by atoms with Gasteiger partial charge in [-0.25, -0.2) is 13.2 Å². The molecule has 10 heteroatoms. The SMILES string of the molecule is CCNC(=NCCCS(=O)(=O)c1ccccc1)N1CCC(NC(=O)OC(C)(C)C)C1.I. The van der Waals surface area contributed by atoms with E-state index in [9.17, 15) is 13.2 Å². The molecule has 0 aliphatic carbocycles. The van der Waals surface area contributed by atoms with Gasteiger partial charge >= 0.3 is 6.09 Å². The Morgan fingerprint density at radius 2 is 1.94 bits per heavy atom. The molecule has 1 saturated heterocycles. The number of rotatable bonds is 7. The molecule has 1 aliphatic heterocycles. The van der Waals surface area contributed by atoms with E-state index < -0.39 is 21.5 Å². The van der Waals surface area contributed by atoms with Crippen LogP contribution in [0.5, 0.6) is 0 Å².